The van der Waals surface area contributed by atoms with E-state index >= 15 is 0 Å². The number of fused-ring (bicyclic) bond motifs is 2. The van der Waals surface area contributed by atoms with Gasteiger partial charge in [-0.15, -0.1) is 0 Å². The highest BCUT2D eigenvalue weighted by Crippen LogP contribution is 2.32. The lowest BCUT2D eigenvalue weighted by Crippen LogP contribution is -2.51. The van der Waals surface area contributed by atoms with Gasteiger partial charge in [0.05, 0.1) is 11.1 Å². The van der Waals surface area contributed by atoms with Gasteiger partial charge in [-0.05, 0) is 30.9 Å². The van der Waals surface area contributed by atoms with Gasteiger partial charge in [-0.25, -0.2) is 4.79 Å². The van der Waals surface area contributed by atoms with Crippen LogP contribution in [0.15, 0.2) is 24.3 Å². The largest absolute Gasteiger partial charge is 0.479 e. The van der Waals surface area contributed by atoms with E-state index in [9.17, 15) is 14.7 Å². The number of piperidine rings is 1. The number of carbonyl (C=O) groups is 2. The number of carboxylic acid groups (broad SMARTS) is 1. The van der Waals surface area contributed by atoms with Gasteiger partial charge in [-0.2, -0.15) is 0 Å². The van der Waals surface area contributed by atoms with Gasteiger partial charge >= 0.3 is 5.97 Å². The molecule has 1 saturated heterocycles. The van der Waals surface area contributed by atoms with Crippen LogP contribution in [0.25, 0.3) is 10.9 Å². The summed E-state index contributed by atoms with van der Waals surface area (Å²) in [7, 11) is 0. The van der Waals surface area contributed by atoms with Gasteiger partial charge < -0.3 is 15.1 Å². The summed E-state index contributed by atoms with van der Waals surface area (Å²) in [5.41, 5.74) is 1.84. The van der Waals surface area contributed by atoms with Crippen LogP contribution in [-0.4, -0.2) is 50.7 Å². The molecule has 2 aromatic rings. The van der Waals surface area contributed by atoms with E-state index in [4.69, 9.17) is 10.1 Å². The molecule has 4 rings (SSSR count). The number of para-hydroxylation sites is 1. The lowest BCUT2D eigenvalue weighted by atomic mass is 9.90. The molecule has 25 heavy (non-hydrogen) atoms. The minimum absolute atomic E-state index is 0.0548. The zero-order chi connectivity index (χ0) is 17.6. The summed E-state index contributed by atoms with van der Waals surface area (Å²) in [6.07, 6.45) is 2.84. The molecule has 0 spiro atoms. The van der Waals surface area contributed by atoms with Crippen molar-refractivity contribution < 1.29 is 19.8 Å². The van der Waals surface area contributed by atoms with Gasteiger partial charge in [-0.1, -0.05) is 18.2 Å². The molecule has 2 N–H and O–H groups in total. The van der Waals surface area contributed by atoms with Crippen molar-refractivity contribution in [1.82, 2.24) is 9.88 Å². The summed E-state index contributed by atoms with van der Waals surface area (Å²) in [5.74, 6) is -1.29. The van der Waals surface area contributed by atoms with Crippen molar-refractivity contribution in [3.8, 4) is 0 Å². The predicted molar refractivity (Wildman–Crippen MR) is 91.5 cm³/mol. The second kappa shape index (κ2) is 5.81. The van der Waals surface area contributed by atoms with Crippen LogP contribution in [0.4, 0.5) is 0 Å². The maximum absolute atomic E-state index is 13.2. The van der Waals surface area contributed by atoms with Gasteiger partial charge in [0.15, 0.2) is 5.60 Å². The van der Waals surface area contributed by atoms with Crippen molar-refractivity contribution in [1.29, 1.82) is 0 Å². The molecule has 1 aromatic carbocycles. The Morgan fingerprint density at radius 3 is 2.56 bits per heavy atom. The molecule has 1 aliphatic carbocycles. The van der Waals surface area contributed by atoms with Crippen LogP contribution in [-0.2, 0) is 17.6 Å². The van der Waals surface area contributed by atoms with Crippen molar-refractivity contribution >= 4 is 22.8 Å². The number of aromatic nitrogens is 1. The third-order valence-electron chi connectivity index (χ3n) is 5.41. The first kappa shape index (κ1) is 16.0. The molecule has 2 heterocycles. The Bertz CT molecular complexity index is 869. The van der Waals surface area contributed by atoms with Crippen LogP contribution in [0, 0.1) is 0 Å². The molecule has 6 heteroatoms. The van der Waals surface area contributed by atoms with E-state index in [1.54, 1.807) is 4.90 Å². The number of rotatable bonds is 2. The minimum Gasteiger partial charge on any atom is -0.479 e. The van der Waals surface area contributed by atoms with Crippen LogP contribution in [0.3, 0.4) is 0 Å². The molecular weight excluding hydrogens is 320 g/mol. The van der Waals surface area contributed by atoms with Crippen molar-refractivity contribution in [2.75, 3.05) is 13.1 Å². The minimum atomic E-state index is -1.72. The molecule has 1 aliphatic heterocycles. The first-order chi connectivity index (χ1) is 12.0. The molecule has 6 nitrogen and oxygen atoms in total. The van der Waals surface area contributed by atoms with Crippen molar-refractivity contribution in [3.05, 3.63) is 41.1 Å². The smallest absolute Gasteiger partial charge is 0.335 e. The molecule has 0 saturated carbocycles. The van der Waals surface area contributed by atoms with Crippen LogP contribution in [0.1, 0.15) is 40.9 Å². The maximum Gasteiger partial charge on any atom is 0.335 e. The van der Waals surface area contributed by atoms with Crippen LogP contribution >= 0.6 is 0 Å². The molecule has 0 unspecified atom stereocenters. The number of benzene rings is 1. The SMILES string of the molecule is O=C(c1c2c(nc3ccccc13)CCC2)N1CCC(O)(C(=O)O)CC1. The van der Waals surface area contributed by atoms with E-state index < -0.39 is 11.6 Å². The molecule has 1 fully saturated rings. The third-order valence-corrected chi connectivity index (χ3v) is 5.41. The summed E-state index contributed by atoms with van der Waals surface area (Å²) in [5, 5.41) is 20.1. The number of aliphatic hydroxyl groups is 1. The number of aryl methyl sites for hydroxylation is 1. The van der Waals surface area contributed by atoms with Crippen molar-refractivity contribution in [2.24, 2.45) is 0 Å². The van der Waals surface area contributed by atoms with Gasteiger partial charge in [0.1, 0.15) is 0 Å². The van der Waals surface area contributed by atoms with E-state index in [1.807, 2.05) is 24.3 Å². The lowest BCUT2D eigenvalue weighted by Gasteiger charge is -2.35. The number of amides is 1. The highest BCUT2D eigenvalue weighted by atomic mass is 16.4. The number of carbonyl (C=O) groups excluding carboxylic acids is 1. The van der Waals surface area contributed by atoms with Gasteiger partial charge in [-0.3, -0.25) is 9.78 Å². The van der Waals surface area contributed by atoms with Gasteiger partial charge in [0.2, 0.25) is 0 Å². The third kappa shape index (κ3) is 2.57. The molecular formula is C19H20N2O4. The number of nitrogens with zero attached hydrogens (tertiary/aromatic N) is 2. The van der Waals surface area contributed by atoms with E-state index in [1.165, 1.54) is 0 Å². The van der Waals surface area contributed by atoms with E-state index in [-0.39, 0.29) is 31.8 Å². The van der Waals surface area contributed by atoms with Crippen molar-refractivity contribution in [3.63, 3.8) is 0 Å². The van der Waals surface area contributed by atoms with Crippen LogP contribution in [0.5, 0.6) is 0 Å². The fourth-order valence-corrected chi connectivity index (χ4v) is 3.91. The fourth-order valence-electron chi connectivity index (χ4n) is 3.91. The first-order valence-electron chi connectivity index (χ1n) is 8.65. The number of hydrogen-bond donors (Lipinski definition) is 2. The number of hydrogen-bond acceptors (Lipinski definition) is 4. The zero-order valence-corrected chi connectivity index (χ0v) is 13.9. The summed E-state index contributed by atoms with van der Waals surface area (Å²) in [6.45, 7) is 0.486. The summed E-state index contributed by atoms with van der Waals surface area (Å²) >= 11 is 0. The lowest BCUT2D eigenvalue weighted by molar-refractivity contribution is -0.162. The molecule has 1 aromatic heterocycles. The average molecular weight is 340 g/mol. The second-order valence-electron chi connectivity index (χ2n) is 6.91. The molecule has 2 aliphatic rings. The maximum atomic E-state index is 13.2. The highest BCUT2D eigenvalue weighted by molar-refractivity contribution is 6.08. The zero-order valence-electron chi connectivity index (χ0n) is 13.9. The number of carboxylic acids is 1. The summed E-state index contributed by atoms with van der Waals surface area (Å²) in [6, 6.07) is 7.66. The Kier molecular flexibility index (Phi) is 3.72. The molecule has 130 valence electrons. The highest BCUT2D eigenvalue weighted by Gasteiger charge is 2.41. The normalized spacial score (nSPS) is 19.0. The second-order valence-corrected chi connectivity index (χ2v) is 6.91. The summed E-state index contributed by atoms with van der Waals surface area (Å²) in [4.78, 5) is 30.8. The first-order valence-corrected chi connectivity index (χ1v) is 8.65. The quantitative estimate of drug-likeness (QED) is 0.869. The molecule has 0 radical (unpaired) electrons. The number of pyridine rings is 1. The standard InChI is InChI=1S/C19H20N2O4/c22-17(21-10-8-19(25,9-11-21)18(23)24)16-12-4-1-2-6-14(12)20-15-7-3-5-13(15)16/h1-2,4,6,25H,3,5,7-11H2,(H,23,24). The van der Waals surface area contributed by atoms with E-state index in [0.717, 1.165) is 41.4 Å². The van der Waals surface area contributed by atoms with Crippen molar-refractivity contribution in [2.45, 2.75) is 37.7 Å². The van der Waals surface area contributed by atoms with Crippen LogP contribution in [0.2, 0.25) is 0 Å². The average Bonchev–Trinajstić information content (AvgIpc) is 3.07. The van der Waals surface area contributed by atoms with E-state index in [2.05, 4.69) is 0 Å². The van der Waals surface area contributed by atoms with Gasteiger partial charge in [0.25, 0.3) is 5.91 Å². The Balaban J connectivity index is 1.71. The van der Waals surface area contributed by atoms with Crippen LogP contribution < -0.4 is 0 Å². The fraction of sp³-hybridized carbons (Fsp3) is 0.421. The molecule has 0 bridgehead atoms. The molecule has 1 amide bonds. The Hall–Kier alpha value is -2.47. The number of likely N-dealkylation sites (tertiary alicyclic amines) is 1. The Morgan fingerprint density at radius 1 is 1.12 bits per heavy atom. The molecule has 0 atom stereocenters. The topological polar surface area (TPSA) is 90.7 Å². The van der Waals surface area contributed by atoms with Gasteiger partial charge in [0, 0.05) is 37.0 Å². The van der Waals surface area contributed by atoms with E-state index in [0.29, 0.717) is 5.56 Å². The monoisotopic (exact) mass is 340 g/mol. The summed E-state index contributed by atoms with van der Waals surface area (Å²) < 4.78 is 0. The number of aliphatic carboxylic acids is 1. The Labute approximate surface area is 145 Å². The Morgan fingerprint density at radius 2 is 1.84 bits per heavy atom. The predicted octanol–water partition coefficient (Wildman–Crippen LogP) is 1.78.